The normalized spacial score (nSPS) is 9.62. The molecule has 0 atom stereocenters. The van der Waals surface area contributed by atoms with Gasteiger partial charge in [-0.2, -0.15) is 4.98 Å². The van der Waals surface area contributed by atoms with E-state index in [1.807, 2.05) is 0 Å². The molecule has 0 bridgehead atoms. The minimum atomic E-state index is 0. The van der Waals surface area contributed by atoms with E-state index in [0.29, 0.717) is 10.8 Å². The van der Waals surface area contributed by atoms with Crippen LogP contribution in [-0.2, 0) is 0 Å². The molecule has 0 fully saturated rings. The van der Waals surface area contributed by atoms with E-state index in [1.165, 1.54) is 0 Å². The third-order valence-corrected chi connectivity index (χ3v) is 1.88. The molecule has 0 aliphatic rings. The first-order valence-corrected chi connectivity index (χ1v) is 3.82. The van der Waals surface area contributed by atoms with Gasteiger partial charge < -0.3 is 17.4 Å². The van der Waals surface area contributed by atoms with Crippen molar-refractivity contribution >= 4 is 28.8 Å². The van der Waals surface area contributed by atoms with E-state index >= 15 is 0 Å². The second kappa shape index (κ2) is 3.77. The number of pyridine rings is 1. The summed E-state index contributed by atoms with van der Waals surface area (Å²) in [6.45, 7) is 0. The number of halogens is 2. The van der Waals surface area contributed by atoms with Crippen molar-refractivity contribution in [2.45, 2.75) is 0 Å². The molecule has 13 heavy (non-hydrogen) atoms. The summed E-state index contributed by atoms with van der Waals surface area (Å²) in [5.41, 5.74) is 1.43. The fourth-order valence-electron chi connectivity index (χ4n) is 1.13. The third kappa shape index (κ3) is 1.82. The first-order chi connectivity index (χ1) is 5.79. The van der Waals surface area contributed by atoms with Crippen molar-refractivity contribution in [1.29, 1.82) is 0 Å². The molecule has 0 aliphatic carbocycles. The highest BCUT2D eigenvalue weighted by molar-refractivity contribution is 6.29. The maximum atomic E-state index is 10.4. The summed E-state index contributed by atoms with van der Waals surface area (Å²) in [6, 6.07) is 3.52. The lowest BCUT2D eigenvalue weighted by Crippen LogP contribution is -3.00. The summed E-state index contributed by atoms with van der Waals surface area (Å²) in [6.07, 6.45) is 2.50. The Morgan fingerprint density at radius 1 is 1.46 bits per heavy atom. The number of aromatic nitrogens is 2. The van der Waals surface area contributed by atoms with E-state index < -0.39 is 0 Å². The van der Waals surface area contributed by atoms with Gasteiger partial charge in [-0.25, -0.2) is 0 Å². The van der Waals surface area contributed by atoms with Crippen LogP contribution in [0.25, 0.3) is 10.9 Å². The maximum absolute atomic E-state index is 10.4. The van der Waals surface area contributed by atoms with Gasteiger partial charge in [-0.15, -0.1) is 0 Å². The smallest absolute Gasteiger partial charge is 0.273 e. The molecule has 2 rings (SSSR count). The minimum absolute atomic E-state index is 0. The van der Waals surface area contributed by atoms with Gasteiger partial charge in [-0.1, -0.05) is 0 Å². The molecule has 0 spiro atoms. The van der Waals surface area contributed by atoms with Gasteiger partial charge in [0.1, 0.15) is 5.52 Å². The molecule has 0 unspecified atom stereocenters. The van der Waals surface area contributed by atoms with Crippen molar-refractivity contribution in [3.05, 3.63) is 29.2 Å². The summed E-state index contributed by atoms with van der Waals surface area (Å²) in [4.78, 5) is 16.1. The molecule has 0 amide bonds. The molecule has 2 aromatic heterocycles. The Morgan fingerprint density at radius 2 is 2.23 bits per heavy atom. The average Bonchev–Trinajstić information content (AvgIpc) is 2.46. The Hall–Kier alpha value is -1.06. The van der Waals surface area contributed by atoms with Gasteiger partial charge in [-0.05, 0) is 17.7 Å². The zero-order chi connectivity index (χ0) is 8.55. The van der Waals surface area contributed by atoms with Gasteiger partial charge in [0.25, 0.3) is 5.15 Å². The zero-order valence-electron chi connectivity index (χ0n) is 6.47. The quantitative estimate of drug-likeness (QED) is 0.456. The number of aromatic amines is 2. The number of carbonyl (C=O) groups excluding carboxylic acids is 1. The van der Waals surface area contributed by atoms with Crippen LogP contribution >= 0.6 is 11.6 Å². The topological polar surface area (TPSA) is 47.0 Å². The van der Waals surface area contributed by atoms with Crippen molar-refractivity contribution < 1.29 is 22.2 Å². The van der Waals surface area contributed by atoms with Gasteiger partial charge in [0, 0.05) is 11.5 Å². The van der Waals surface area contributed by atoms with E-state index in [2.05, 4.69) is 9.97 Å². The lowest BCUT2D eigenvalue weighted by Gasteiger charge is -1.81. The molecule has 68 valence electrons. The number of nitrogens with one attached hydrogen (secondary N) is 2. The highest BCUT2D eigenvalue weighted by Crippen LogP contribution is 2.14. The highest BCUT2D eigenvalue weighted by Gasteiger charge is 2.04. The number of aldehydes is 1. The van der Waals surface area contributed by atoms with Crippen LogP contribution < -0.4 is 17.4 Å². The lowest BCUT2D eigenvalue weighted by atomic mass is 10.3. The van der Waals surface area contributed by atoms with Crippen LogP contribution in [0.4, 0.5) is 0 Å². The fraction of sp³-hybridized carbons (Fsp3) is 0. The standard InChI is InChI=1S/C8H5ClN2O.ClH/c9-8-2-5-1-6(4-12)11-7(5)3-10-8;/h1-4,11H;1H. The lowest BCUT2D eigenvalue weighted by molar-refractivity contribution is -0.373. The summed E-state index contributed by atoms with van der Waals surface area (Å²) >= 11 is 5.71. The van der Waals surface area contributed by atoms with Crippen molar-refractivity contribution in [2.24, 2.45) is 0 Å². The Labute approximate surface area is 85.5 Å². The monoisotopic (exact) mass is 216 g/mol. The van der Waals surface area contributed by atoms with Crippen LogP contribution in [0.15, 0.2) is 18.3 Å². The van der Waals surface area contributed by atoms with Crippen LogP contribution in [0.3, 0.4) is 0 Å². The van der Waals surface area contributed by atoms with Crippen LogP contribution in [0.2, 0.25) is 5.15 Å². The van der Waals surface area contributed by atoms with Crippen LogP contribution in [0.5, 0.6) is 0 Å². The first kappa shape index (κ1) is 10.0. The molecule has 0 saturated heterocycles. The van der Waals surface area contributed by atoms with Gasteiger partial charge in [0.05, 0.1) is 5.69 Å². The zero-order valence-corrected chi connectivity index (χ0v) is 7.99. The molecule has 0 aromatic carbocycles. The second-order valence-corrected chi connectivity index (χ2v) is 2.90. The molecule has 0 radical (unpaired) electrons. The fourth-order valence-corrected chi connectivity index (χ4v) is 1.30. The van der Waals surface area contributed by atoms with Crippen LogP contribution in [0, 0.1) is 0 Å². The third-order valence-electron chi connectivity index (χ3n) is 1.66. The average molecular weight is 217 g/mol. The number of rotatable bonds is 1. The Balaban J connectivity index is 0.000000845. The van der Waals surface area contributed by atoms with E-state index in [1.54, 1.807) is 18.3 Å². The van der Waals surface area contributed by atoms with Crippen molar-refractivity contribution in [1.82, 2.24) is 4.98 Å². The van der Waals surface area contributed by atoms with E-state index in [-0.39, 0.29) is 12.4 Å². The second-order valence-electron chi connectivity index (χ2n) is 2.49. The number of fused-ring (bicyclic) bond motifs is 1. The molecule has 2 aromatic rings. The first-order valence-electron chi connectivity index (χ1n) is 3.45. The Morgan fingerprint density at radius 3 is 2.92 bits per heavy atom. The Bertz CT molecular complexity index is 439. The number of hydrogen-bond acceptors (Lipinski definition) is 1. The van der Waals surface area contributed by atoms with Gasteiger partial charge in [0.15, 0.2) is 12.5 Å². The molecule has 2 N–H and O–H groups in total. The molecular weight excluding hydrogens is 211 g/mol. The molecule has 5 heteroatoms. The van der Waals surface area contributed by atoms with Crippen LogP contribution in [0.1, 0.15) is 10.5 Å². The van der Waals surface area contributed by atoms with Crippen LogP contribution in [-0.4, -0.2) is 11.3 Å². The Kier molecular flexibility index (Phi) is 2.90. The molecule has 2 heterocycles. The van der Waals surface area contributed by atoms with Crippen molar-refractivity contribution in [3.63, 3.8) is 0 Å². The van der Waals surface area contributed by atoms with Gasteiger partial charge in [0.2, 0.25) is 0 Å². The minimum Gasteiger partial charge on any atom is -1.00 e. The number of carbonyl (C=O) groups is 1. The van der Waals surface area contributed by atoms with E-state index in [9.17, 15) is 4.79 Å². The molecule has 3 nitrogen and oxygen atoms in total. The van der Waals surface area contributed by atoms with Crippen molar-refractivity contribution in [3.8, 4) is 0 Å². The summed E-state index contributed by atoms with van der Waals surface area (Å²) < 4.78 is 0. The van der Waals surface area contributed by atoms with Crippen molar-refractivity contribution in [2.75, 3.05) is 0 Å². The summed E-state index contributed by atoms with van der Waals surface area (Å²) in [5.74, 6) is 0. The number of H-pyrrole nitrogens is 2. The maximum Gasteiger partial charge on any atom is 0.273 e. The van der Waals surface area contributed by atoms with Gasteiger partial charge >= 0.3 is 0 Å². The summed E-state index contributed by atoms with van der Waals surface area (Å²) in [7, 11) is 0. The summed E-state index contributed by atoms with van der Waals surface area (Å²) in [5, 5.41) is 1.49. The van der Waals surface area contributed by atoms with E-state index in [4.69, 9.17) is 11.6 Å². The molecule has 0 saturated carbocycles. The highest BCUT2D eigenvalue weighted by atomic mass is 35.5. The molecular formula is C8H6Cl2N2O. The van der Waals surface area contributed by atoms with E-state index in [0.717, 1.165) is 17.2 Å². The van der Waals surface area contributed by atoms with Gasteiger partial charge in [-0.3, -0.25) is 4.79 Å². The predicted molar refractivity (Wildman–Crippen MR) is 45.3 cm³/mol. The SMILES string of the molecule is O=Cc1cc2cc(Cl)[nH+]cc2[nH]1.[Cl-]. The predicted octanol–water partition coefficient (Wildman–Crippen LogP) is -1.55. The molecule has 0 aliphatic heterocycles. The largest absolute Gasteiger partial charge is 1.00 e. The number of hydrogen-bond donors (Lipinski definition) is 1.